The first-order valence-electron chi connectivity index (χ1n) is 6.58. The van der Waals surface area contributed by atoms with Crippen molar-refractivity contribution in [2.45, 2.75) is 19.3 Å². The van der Waals surface area contributed by atoms with Crippen LogP contribution in [0.4, 0.5) is 17.6 Å². The molecule has 0 aliphatic carbocycles. The van der Waals surface area contributed by atoms with E-state index in [1.165, 1.54) is 0 Å². The van der Waals surface area contributed by atoms with Crippen molar-refractivity contribution in [3.8, 4) is 0 Å². The molecule has 116 valence electrons. The highest BCUT2D eigenvalue weighted by Crippen LogP contribution is 2.21. The minimum absolute atomic E-state index is 0.0451. The second kappa shape index (κ2) is 6.89. The summed E-state index contributed by atoms with van der Waals surface area (Å²) in [6, 6.07) is 0.0451. The molecule has 0 aromatic heterocycles. The molecule has 21 heavy (non-hydrogen) atoms. The van der Waals surface area contributed by atoms with Gasteiger partial charge in [-0.2, -0.15) is 0 Å². The van der Waals surface area contributed by atoms with E-state index in [1.54, 1.807) is 0 Å². The summed E-state index contributed by atoms with van der Waals surface area (Å²) >= 11 is 0. The number of halogens is 4. The standard InChI is InChI=1S/C14H14F4O3/c15-9-7-10(16)13(18)11(12(9)17)14(19)21-6-3-8-1-4-20-5-2-8/h7-8H,1-6H2. The van der Waals surface area contributed by atoms with Crippen LogP contribution >= 0.6 is 0 Å². The summed E-state index contributed by atoms with van der Waals surface area (Å²) in [6.45, 7) is 1.18. The molecule has 0 atom stereocenters. The van der Waals surface area contributed by atoms with Crippen molar-refractivity contribution in [3.63, 3.8) is 0 Å². The summed E-state index contributed by atoms with van der Waals surface area (Å²) in [5, 5.41) is 0. The van der Waals surface area contributed by atoms with E-state index in [2.05, 4.69) is 0 Å². The fraction of sp³-hybridized carbons (Fsp3) is 0.500. The van der Waals surface area contributed by atoms with Gasteiger partial charge in [-0.1, -0.05) is 0 Å². The van der Waals surface area contributed by atoms with Crippen LogP contribution in [0, 0.1) is 29.2 Å². The van der Waals surface area contributed by atoms with Crippen LogP contribution < -0.4 is 0 Å². The molecule has 3 nitrogen and oxygen atoms in total. The van der Waals surface area contributed by atoms with E-state index in [9.17, 15) is 22.4 Å². The van der Waals surface area contributed by atoms with Gasteiger partial charge < -0.3 is 9.47 Å². The van der Waals surface area contributed by atoms with Crippen molar-refractivity contribution in [1.29, 1.82) is 0 Å². The van der Waals surface area contributed by atoms with Gasteiger partial charge in [-0.25, -0.2) is 22.4 Å². The third-order valence-electron chi connectivity index (χ3n) is 3.42. The van der Waals surface area contributed by atoms with Gasteiger partial charge in [0.1, 0.15) is 5.56 Å². The summed E-state index contributed by atoms with van der Waals surface area (Å²) < 4.78 is 62.6. The lowest BCUT2D eigenvalue weighted by Crippen LogP contribution is -2.19. The van der Waals surface area contributed by atoms with Crippen LogP contribution in [-0.4, -0.2) is 25.8 Å². The number of hydrogen-bond acceptors (Lipinski definition) is 3. The first-order valence-corrected chi connectivity index (χ1v) is 6.58. The third kappa shape index (κ3) is 3.72. The lowest BCUT2D eigenvalue weighted by Gasteiger charge is -2.21. The molecule has 1 fully saturated rings. The highest BCUT2D eigenvalue weighted by molar-refractivity contribution is 5.90. The summed E-state index contributed by atoms with van der Waals surface area (Å²) in [7, 11) is 0. The maximum Gasteiger partial charge on any atom is 0.344 e. The number of benzene rings is 1. The van der Waals surface area contributed by atoms with Crippen molar-refractivity contribution < 1.29 is 31.8 Å². The molecule has 1 saturated heterocycles. The molecule has 1 aliphatic heterocycles. The SMILES string of the molecule is O=C(OCCC1CCOCC1)c1c(F)c(F)cc(F)c1F. The Labute approximate surface area is 118 Å². The van der Waals surface area contributed by atoms with Gasteiger partial charge in [0.15, 0.2) is 23.3 Å². The zero-order valence-corrected chi connectivity index (χ0v) is 11.1. The van der Waals surface area contributed by atoms with Crippen LogP contribution in [0.1, 0.15) is 29.6 Å². The molecule has 1 aromatic carbocycles. The van der Waals surface area contributed by atoms with E-state index >= 15 is 0 Å². The normalized spacial score (nSPS) is 16.0. The first kappa shape index (κ1) is 15.8. The van der Waals surface area contributed by atoms with Gasteiger partial charge in [0.05, 0.1) is 6.61 Å². The van der Waals surface area contributed by atoms with Gasteiger partial charge in [-0.3, -0.25) is 0 Å². The molecule has 0 spiro atoms. The van der Waals surface area contributed by atoms with Gasteiger partial charge in [-0.05, 0) is 25.2 Å². The topological polar surface area (TPSA) is 35.5 Å². The fourth-order valence-electron chi connectivity index (χ4n) is 2.18. The molecule has 0 N–H and O–H groups in total. The van der Waals surface area contributed by atoms with Crippen molar-refractivity contribution in [2.24, 2.45) is 5.92 Å². The molecular formula is C14H14F4O3. The van der Waals surface area contributed by atoms with Crippen LogP contribution in [0.25, 0.3) is 0 Å². The molecule has 0 bridgehead atoms. The molecule has 0 amide bonds. The Bertz CT molecular complexity index is 501. The first-order chi connectivity index (χ1) is 10.0. The van der Waals surface area contributed by atoms with Gasteiger partial charge in [0, 0.05) is 19.3 Å². The van der Waals surface area contributed by atoms with E-state index in [0.717, 1.165) is 12.8 Å². The highest BCUT2D eigenvalue weighted by atomic mass is 19.2. The number of hydrogen-bond donors (Lipinski definition) is 0. The monoisotopic (exact) mass is 306 g/mol. The Kier molecular flexibility index (Phi) is 5.17. The van der Waals surface area contributed by atoms with Crippen LogP contribution in [0.15, 0.2) is 6.07 Å². The molecule has 7 heteroatoms. The molecule has 0 saturated carbocycles. The number of esters is 1. The predicted molar refractivity (Wildman–Crippen MR) is 64.7 cm³/mol. The fourth-order valence-corrected chi connectivity index (χ4v) is 2.18. The summed E-state index contributed by atoms with van der Waals surface area (Å²) in [5.41, 5.74) is -1.33. The molecule has 1 aromatic rings. The van der Waals surface area contributed by atoms with Crippen LogP contribution in [0.3, 0.4) is 0 Å². The number of rotatable bonds is 4. The molecule has 2 rings (SSSR count). The average Bonchev–Trinajstić information content (AvgIpc) is 2.46. The lowest BCUT2D eigenvalue weighted by molar-refractivity contribution is 0.0362. The Hall–Kier alpha value is -1.63. The van der Waals surface area contributed by atoms with E-state index in [-0.39, 0.29) is 12.7 Å². The van der Waals surface area contributed by atoms with E-state index < -0.39 is 34.8 Å². The molecule has 1 aliphatic rings. The van der Waals surface area contributed by atoms with Gasteiger partial charge in [0.2, 0.25) is 0 Å². The second-order valence-corrected chi connectivity index (χ2v) is 4.82. The maximum atomic E-state index is 13.4. The number of carbonyl (C=O) groups is 1. The van der Waals surface area contributed by atoms with E-state index in [0.29, 0.717) is 25.6 Å². The van der Waals surface area contributed by atoms with Crippen LogP contribution in [0.2, 0.25) is 0 Å². The zero-order chi connectivity index (χ0) is 15.4. The smallest absolute Gasteiger partial charge is 0.344 e. The molecular weight excluding hydrogens is 292 g/mol. The highest BCUT2D eigenvalue weighted by Gasteiger charge is 2.26. The predicted octanol–water partition coefficient (Wildman–Crippen LogP) is 3.22. The van der Waals surface area contributed by atoms with Crippen molar-refractivity contribution in [2.75, 3.05) is 19.8 Å². The van der Waals surface area contributed by atoms with Crippen LogP contribution in [-0.2, 0) is 9.47 Å². The third-order valence-corrected chi connectivity index (χ3v) is 3.42. The molecule has 1 heterocycles. The van der Waals surface area contributed by atoms with Crippen molar-refractivity contribution >= 4 is 5.97 Å². The van der Waals surface area contributed by atoms with E-state index in [1.807, 2.05) is 0 Å². The molecule has 0 radical (unpaired) electrons. The van der Waals surface area contributed by atoms with Gasteiger partial charge in [-0.15, -0.1) is 0 Å². The van der Waals surface area contributed by atoms with Crippen molar-refractivity contribution in [3.05, 3.63) is 34.9 Å². The minimum atomic E-state index is -1.75. The quantitative estimate of drug-likeness (QED) is 0.487. The Balaban J connectivity index is 1.97. The van der Waals surface area contributed by atoms with Gasteiger partial charge in [0.25, 0.3) is 0 Å². The van der Waals surface area contributed by atoms with Gasteiger partial charge >= 0.3 is 5.97 Å². The Morgan fingerprint density at radius 3 is 2.29 bits per heavy atom. The Morgan fingerprint density at radius 2 is 1.71 bits per heavy atom. The van der Waals surface area contributed by atoms with Crippen molar-refractivity contribution in [1.82, 2.24) is 0 Å². The molecule has 0 unspecified atom stereocenters. The Morgan fingerprint density at radius 1 is 1.14 bits per heavy atom. The summed E-state index contributed by atoms with van der Waals surface area (Å²) in [5.74, 6) is -7.87. The maximum absolute atomic E-state index is 13.4. The summed E-state index contributed by atoms with van der Waals surface area (Å²) in [6.07, 6.45) is 2.14. The second-order valence-electron chi connectivity index (χ2n) is 4.82. The number of carbonyl (C=O) groups excluding carboxylic acids is 1. The van der Waals surface area contributed by atoms with E-state index in [4.69, 9.17) is 9.47 Å². The lowest BCUT2D eigenvalue weighted by atomic mass is 9.97. The average molecular weight is 306 g/mol. The van der Waals surface area contributed by atoms with Crippen LogP contribution in [0.5, 0.6) is 0 Å². The number of ether oxygens (including phenoxy) is 2. The zero-order valence-electron chi connectivity index (χ0n) is 11.1. The minimum Gasteiger partial charge on any atom is -0.462 e. The summed E-state index contributed by atoms with van der Waals surface area (Å²) in [4.78, 5) is 11.6. The largest absolute Gasteiger partial charge is 0.462 e.